The van der Waals surface area contributed by atoms with Gasteiger partial charge < -0.3 is 20.2 Å². The quantitative estimate of drug-likeness (QED) is 0.648. The molecule has 1 aromatic heterocycles. The molecule has 1 atom stereocenters. The van der Waals surface area contributed by atoms with Crippen molar-refractivity contribution in [1.82, 2.24) is 10.6 Å². The first kappa shape index (κ1) is 17.2. The van der Waals surface area contributed by atoms with Gasteiger partial charge in [0.25, 0.3) is 5.91 Å². The number of carboxylic acid groups (broad SMARTS) is 1. The van der Waals surface area contributed by atoms with Crippen LogP contribution in [0.1, 0.15) is 30.3 Å². The summed E-state index contributed by atoms with van der Waals surface area (Å²) < 4.78 is 5.48. The van der Waals surface area contributed by atoms with E-state index in [0.29, 0.717) is 17.6 Å². The van der Waals surface area contributed by atoms with Crippen molar-refractivity contribution in [2.45, 2.75) is 19.8 Å². The first-order chi connectivity index (χ1) is 9.88. The number of furan rings is 1. The molecule has 0 radical (unpaired) electrons. The summed E-state index contributed by atoms with van der Waals surface area (Å²) in [6.07, 6.45) is 0.559. The molecule has 0 bridgehead atoms. The number of hydrogen-bond donors (Lipinski definition) is 3. The Morgan fingerprint density at radius 3 is 2.62 bits per heavy atom. The molecule has 0 saturated carbocycles. The van der Waals surface area contributed by atoms with E-state index in [2.05, 4.69) is 26.6 Å². The first-order valence-corrected chi connectivity index (χ1v) is 7.19. The second-order valence-corrected chi connectivity index (χ2v) is 5.41. The van der Waals surface area contributed by atoms with Crippen molar-refractivity contribution in [2.75, 3.05) is 13.1 Å². The highest BCUT2D eigenvalue weighted by molar-refractivity contribution is 9.10. The molecule has 1 aromatic rings. The number of hydrogen-bond acceptors (Lipinski definition) is 4. The molecule has 0 fully saturated rings. The average molecular weight is 361 g/mol. The van der Waals surface area contributed by atoms with Crippen LogP contribution >= 0.6 is 15.9 Å². The lowest BCUT2D eigenvalue weighted by Crippen LogP contribution is -2.38. The zero-order chi connectivity index (χ0) is 15.8. The highest BCUT2D eigenvalue weighted by atomic mass is 79.9. The van der Waals surface area contributed by atoms with Gasteiger partial charge in [-0.15, -0.1) is 0 Å². The number of halogens is 1. The molecule has 8 heteroatoms. The zero-order valence-corrected chi connectivity index (χ0v) is 13.1. The summed E-state index contributed by atoms with van der Waals surface area (Å²) in [5.74, 6) is -1.50. The second-order valence-electron chi connectivity index (χ2n) is 4.63. The minimum Gasteiger partial charge on any atom is -0.481 e. The molecule has 1 unspecified atom stereocenters. The largest absolute Gasteiger partial charge is 0.481 e. The number of amides is 2. The Hall–Kier alpha value is -1.83. The van der Waals surface area contributed by atoms with Crippen molar-refractivity contribution in [3.8, 4) is 0 Å². The highest BCUT2D eigenvalue weighted by Crippen LogP contribution is 2.13. The molecule has 0 aliphatic carbocycles. The molecule has 0 spiro atoms. The third-order valence-electron chi connectivity index (χ3n) is 2.71. The van der Waals surface area contributed by atoms with E-state index in [9.17, 15) is 14.4 Å². The van der Waals surface area contributed by atoms with Gasteiger partial charge in [-0.3, -0.25) is 14.4 Å². The number of aliphatic carboxylic acids is 1. The zero-order valence-electron chi connectivity index (χ0n) is 11.5. The van der Waals surface area contributed by atoms with Crippen molar-refractivity contribution in [1.29, 1.82) is 0 Å². The summed E-state index contributed by atoms with van der Waals surface area (Å²) in [6, 6.07) is 3.07. The van der Waals surface area contributed by atoms with E-state index in [0.717, 1.165) is 0 Å². The lowest BCUT2D eigenvalue weighted by atomic mass is 10.1. The van der Waals surface area contributed by atoms with Crippen LogP contribution in [0.5, 0.6) is 0 Å². The van der Waals surface area contributed by atoms with Crippen molar-refractivity contribution in [2.24, 2.45) is 5.92 Å². The molecule has 0 aliphatic rings. The topological polar surface area (TPSA) is 109 Å². The van der Waals surface area contributed by atoms with Crippen molar-refractivity contribution in [3.05, 3.63) is 22.6 Å². The number of carbonyl (C=O) groups is 3. The van der Waals surface area contributed by atoms with E-state index in [1.54, 1.807) is 6.07 Å². The Bertz CT molecular complexity index is 514. The summed E-state index contributed by atoms with van der Waals surface area (Å²) in [5.41, 5.74) is 0. The molecule has 1 rings (SSSR count). The SMILES string of the molecule is CC(CCC(=O)O)CNC(=O)CNC(=O)c1ccc(Br)o1. The molecule has 7 nitrogen and oxygen atoms in total. The van der Waals surface area contributed by atoms with Crippen LogP contribution in [0.25, 0.3) is 0 Å². The number of rotatable bonds is 8. The van der Waals surface area contributed by atoms with Gasteiger partial charge in [-0.25, -0.2) is 0 Å². The Morgan fingerprint density at radius 1 is 1.33 bits per heavy atom. The molecule has 3 N–H and O–H groups in total. The van der Waals surface area contributed by atoms with Gasteiger partial charge in [0.2, 0.25) is 5.91 Å². The van der Waals surface area contributed by atoms with E-state index in [-0.39, 0.29) is 30.6 Å². The maximum Gasteiger partial charge on any atom is 0.303 e. The third kappa shape index (κ3) is 6.94. The Balaban J connectivity index is 2.22. The van der Waals surface area contributed by atoms with Crippen LogP contribution in [0, 0.1) is 5.92 Å². The van der Waals surface area contributed by atoms with E-state index in [1.807, 2.05) is 6.92 Å². The molecular weight excluding hydrogens is 344 g/mol. The van der Waals surface area contributed by atoms with Gasteiger partial charge in [0.05, 0.1) is 6.54 Å². The van der Waals surface area contributed by atoms with Crippen LogP contribution in [0.3, 0.4) is 0 Å². The van der Waals surface area contributed by atoms with Gasteiger partial charge in [0.1, 0.15) is 0 Å². The first-order valence-electron chi connectivity index (χ1n) is 6.40. The van der Waals surface area contributed by atoms with Gasteiger partial charge in [0, 0.05) is 13.0 Å². The number of carbonyl (C=O) groups excluding carboxylic acids is 2. The fourth-order valence-corrected chi connectivity index (χ4v) is 1.81. The third-order valence-corrected chi connectivity index (χ3v) is 3.13. The van der Waals surface area contributed by atoms with Crippen LogP contribution in [-0.2, 0) is 9.59 Å². The predicted molar refractivity (Wildman–Crippen MR) is 77.8 cm³/mol. The summed E-state index contributed by atoms with van der Waals surface area (Å²) in [7, 11) is 0. The average Bonchev–Trinajstić information content (AvgIpc) is 2.86. The van der Waals surface area contributed by atoms with Crippen molar-refractivity contribution in [3.63, 3.8) is 0 Å². The molecule has 0 aromatic carbocycles. The van der Waals surface area contributed by atoms with Gasteiger partial charge in [-0.05, 0) is 40.4 Å². The van der Waals surface area contributed by atoms with Crippen LogP contribution in [0.15, 0.2) is 21.2 Å². The van der Waals surface area contributed by atoms with Crippen molar-refractivity contribution < 1.29 is 23.9 Å². The molecule has 21 heavy (non-hydrogen) atoms. The van der Waals surface area contributed by atoms with Crippen LogP contribution in [-0.4, -0.2) is 36.0 Å². The molecule has 0 aliphatic heterocycles. The molecule has 116 valence electrons. The van der Waals surface area contributed by atoms with Gasteiger partial charge in [-0.1, -0.05) is 6.92 Å². The summed E-state index contributed by atoms with van der Waals surface area (Å²) in [6.45, 7) is 2.05. The van der Waals surface area contributed by atoms with E-state index in [1.165, 1.54) is 6.07 Å². The Morgan fingerprint density at radius 2 is 2.05 bits per heavy atom. The predicted octanol–water partition coefficient (Wildman–Crippen LogP) is 1.39. The normalized spacial score (nSPS) is 11.7. The van der Waals surface area contributed by atoms with Gasteiger partial charge >= 0.3 is 5.97 Å². The Kier molecular flexibility index (Phi) is 6.93. The summed E-state index contributed by atoms with van der Waals surface area (Å²) >= 11 is 3.08. The lowest BCUT2D eigenvalue weighted by molar-refractivity contribution is -0.137. The standard InChI is InChI=1S/C13H17BrN2O5/c1-8(2-5-12(18)19)6-15-11(17)7-16-13(20)9-3-4-10(14)21-9/h3-4,8H,2,5-7H2,1H3,(H,15,17)(H,16,20)(H,18,19). The highest BCUT2D eigenvalue weighted by Gasteiger charge is 2.12. The molecule has 2 amide bonds. The minimum absolute atomic E-state index is 0.0572. The van der Waals surface area contributed by atoms with Gasteiger partial charge in [-0.2, -0.15) is 0 Å². The van der Waals surface area contributed by atoms with E-state index in [4.69, 9.17) is 9.52 Å². The van der Waals surface area contributed by atoms with Crippen LogP contribution in [0.4, 0.5) is 0 Å². The fraction of sp³-hybridized carbons (Fsp3) is 0.462. The minimum atomic E-state index is -0.856. The molecular formula is C13H17BrN2O5. The summed E-state index contributed by atoms with van der Waals surface area (Å²) in [4.78, 5) is 33.6. The van der Waals surface area contributed by atoms with E-state index >= 15 is 0 Å². The fourth-order valence-electron chi connectivity index (χ4n) is 1.51. The maximum absolute atomic E-state index is 11.6. The number of carboxylic acids is 1. The second kappa shape index (κ2) is 8.46. The smallest absolute Gasteiger partial charge is 0.303 e. The van der Waals surface area contributed by atoms with E-state index < -0.39 is 11.9 Å². The maximum atomic E-state index is 11.6. The molecule has 0 saturated heterocycles. The molecule has 1 heterocycles. The lowest BCUT2D eigenvalue weighted by Gasteiger charge is -2.11. The monoisotopic (exact) mass is 360 g/mol. The van der Waals surface area contributed by atoms with Crippen LogP contribution in [0.2, 0.25) is 0 Å². The van der Waals surface area contributed by atoms with Crippen molar-refractivity contribution >= 4 is 33.7 Å². The van der Waals surface area contributed by atoms with Gasteiger partial charge in [0.15, 0.2) is 10.4 Å². The number of nitrogens with one attached hydrogen (secondary N) is 2. The summed E-state index contributed by atoms with van der Waals surface area (Å²) in [5, 5.41) is 13.6. The van der Waals surface area contributed by atoms with Crippen LogP contribution < -0.4 is 10.6 Å². The Labute approximate surface area is 130 Å².